The lowest BCUT2D eigenvalue weighted by atomic mass is 9.82. The van der Waals surface area contributed by atoms with Gasteiger partial charge in [0.25, 0.3) is 0 Å². The highest BCUT2D eigenvalue weighted by atomic mass is 16.4. The number of hydrogen-bond acceptors (Lipinski definition) is 3. The Morgan fingerprint density at radius 3 is 2.23 bits per heavy atom. The van der Waals surface area contributed by atoms with Gasteiger partial charge in [0.1, 0.15) is 0 Å². The second kappa shape index (κ2) is 4.96. The van der Waals surface area contributed by atoms with Crippen molar-refractivity contribution < 1.29 is 10.3 Å². The van der Waals surface area contributed by atoms with Crippen LogP contribution in [0.2, 0.25) is 0 Å². The summed E-state index contributed by atoms with van der Waals surface area (Å²) in [5, 5.41) is 21.1. The summed E-state index contributed by atoms with van der Waals surface area (Å²) in [5.74, 6) is 0. The van der Waals surface area contributed by atoms with Crippen molar-refractivity contribution in [2.45, 2.75) is 32.3 Å². The number of fused-ring (bicyclic) bond motifs is 2. The Hall–Kier alpha value is -2.13. The zero-order valence-corrected chi connectivity index (χ0v) is 12.4. The highest BCUT2D eigenvalue weighted by molar-refractivity contribution is 5.79. The first-order valence-electron chi connectivity index (χ1n) is 7.72. The fourth-order valence-electron chi connectivity index (χ4n) is 4.24. The first-order valence-corrected chi connectivity index (χ1v) is 7.72. The van der Waals surface area contributed by atoms with Crippen molar-refractivity contribution in [3.05, 3.63) is 69.8 Å². The molecule has 2 aromatic rings. The lowest BCUT2D eigenvalue weighted by Gasteiger charge is -2.21. The van der Waals surface area contributed by atoms with E-state index in [9.17, 15) is 5.11 Å². The molecule has 0 saturated carbocycles. The lowest BCUT2D eigenvalue weighted by Crippen LogP contribution is -2.21. The van der Waals surface area contributed by atoms with Crippen molar-refractivity contribution in [3.63, 3.8) is 0 Å². The maximum absolute atomic E-state index is 9.32. The standard InChI is InChI=1S/C19H19NO2/c21-12-14-2-4-16-8-19(10-18(16)6-14)7-15-3-1-13(11-20-22)5-17(15)9-19/h1-6,11,21-22H,7-10,12H2/b20-11+. The summed E-state index contributed by atoms with van der Waals surface area (Å²) >= 11 is 0. The summed E-state index contributed by atoms with van der Waals surface area (Å²) in [7, 11) is 0. The van der Waals surface area contributed by atoms with Gasteiger partial charge in [0, 0.05) is 0 Å². The molecular weight excluding hydrogens is 274 g/mol. The number of aliphatic hydroxyl groups excluding tert-OH is 1. The molecule has 2 aliphatic rings. The summed E-state index contributed by atoms with van der Waals surface area (Å²) in [6.45, 7) is 0.115. The second-order valence-electron chi connectivity index (χ2n) is 6.74. The maximum Gasteiger partial charge on any atom is 0.0733 e. The normalized spacial score (nSPS) is 22.4. The Morgan fingerprint density at radius 2 is 1.55 bits per heavy atom. The quantitative estimate of drug-likeness (QED) is 0.508. The molecule has 0 bridgehead atoms. The van der Waals surface area contributed by atoms with Crippen LogP contribution in [0, 0.1) is 5.41 Å². The first kappa shape index (κ1) is 13.5. The average Bonchev–Trinajstić information content (AvgIpc) is 3.04. The highest BCUT2D eigenvalue weighted by Crippen LogP contribution is 2.47. The van der Waals surface area contributed by atoms with Gasteiger partial charge in [0.05, 0.1) is 12.8 Å². The predicted molar refractivity (Wildman–Crippen MR) is 85.4 cm³/mol. The van der Waals surface area contributed by atoms with Crippen molar-refractivity contribution in [1.82, 2.24) is 0 Å². The number of nitrogens with zero attached hydrogens (tertiary/aromatic N) is 1. The molecule has 2 aliphatic carbocycles. The summed E-state index contributed by atoms with van der Waals surface area (Å²) in [6, 6.07) is 12.7. The van der Waals surface area contributed by atoms with Crippen LogP contribution in [0.3, 0.4) is 0 Å². The zero-order chi connectivity index (χ0) is 15.2. The lowest BCUT2D eigenvalue weighted by molar-refractivity contribution is 0.281. The van der Waals surface area contributed by atoms with Crippen LogP contribution in [0.5, 0.6) is 0 Å². The van der Waals surface area contributed by atoms with E-state index in [0.717, 1.165) is 36.8 Å². The molecule has 1 atom stereocenters. The Kier molecular flexibility index (Phi) is 3.05. The summed E-state index contributed by atoms with van der Waals surface area (Å²) < 4.78 is 0. The van der Waals surface area contributed by atoms with Gasteiger partial charge in [-0.15, -0.1) is 0 Å². The molecule has 2 N–H and O–H groups in total. The van der Waals surface area contributed by atoms with Crippen molar-refractivity contribution in [3.8, 4) is 0 Å². The van der Waals surface area contributed by atoms with E-state index < -0.39 is 0 Å². The van der Waals surface area contributed by atoms with Crippen LogP contribution in [-0.2, 0) is 32.3 Å². The molecule has 0 amide bonds. The second-order valence-corrected chi connectivity index (χ2v) is 6.74. The summed E-state index contributed by atoms with van der Waals surface area (Å²) in [6.07, 6.45) is 5.89. The third-order valence-electron chi connectivity index (χ3n) is 5.15. The minimum atomic E-state index is 0.115. The van der Waals surface area contributed by atoms with Crippen molar-refractivity contribution >= 4 is 6.21 Å². The molecule has 22 heavy (non-hydrogen) atoms. The number of benzene rings is 2. The highest BCUT2D eigenvalue weighted by Gasteiger charge is 2.41. The molecule has 0 saturated heterocycles. The molecule has 0 heterocycles. The fourth-order valence-corrected chi connectivity index (χ4v) is 4.24. The van der Waals surface area contributed by atoms with E-state index in [1.165, 1.54) is 28.5 Å². The van der Waals surface area contributed by atoms with Crippen LogP contribution in [0.1, 0.15) is 33.4 Å². The molecule has 1 spiro atoms. The van der Waals surface area contributed by atoms with Gasteiger partial charge in [-0.3, -0.25) is 0 Å². The Labute approximate surface area is 129 Å². The van der Waals surface area contributed by atoms with E-state index in [0.29, 0.717) is 5.41 Å². The molecule has 0 aromatic heterocycles. The average molecular weight is 293 g/mol. The third kappa shape index (κ3) is 2.13. The predicted octanol–water partition coefficient (Wildman–Crippen LogP) is 2.87. The van der Waals surface area contributed by atoms with Crippen LogP contribution in [0.4, 0.5) is 0 Å². The Bertz CT molecular complexity index is 766. The SMILES string of the molecule is OCc1ccc2c(c1)CC1(Cc3ccc(/C=N/O)cc3C1)C2. The number of rotatable bonds is 2. The van der Waals surface area contributed by atoms with Crippen LogP contribution in [0.15, 0.2) is 41.6 Å². The van der Waals surface area contributed by atoms with E-state index >= 15 is 0 Å². The Balaban J connectivity index is 1.63. The van der Waals surface area contributed by atoms with Crippen molar-refractivity contribution in [1.29, 1.82) is 0 Å². The van der Waals surface area contributed by atoms with Gasteiger partial charge in [-0.2, -0.15) is 0 Å². The van der Waals surface area contributed by atoms with Gasteiger partial charge in [-0.05, 0) is 70.5 Å². The van der Waals surface area contributed by atoms with Crippen LogP contribution in [-0.4, -0.2) is 16.5 Å². The minimum absolute atomic E-state index is 0.115. The van der Waals surface area contributed by atoms with Gasteiger partial charge in [-0.1, -0.05) is 35.5 Å². The summed E-state index contributed by atoms with van der Waals surface area (Å²) in [4.78, 5) is 0. The molecule has 3 heteroatoms. The van der Waals surface area contributed by atoms with E-state index in [1.54, 1.807) is 0 Å². The number of hydrogen-bond donors (Lipinski definition) is 2. The maximum atomic E-state index is 9.32. The van der Waals surface area contributed by atoms with Gasteiger partial charge >= 0.3 is 0 Å². The first-order chi connectivity index (χ1) is 10.7. The van der Waals surface area contributed by atoms with Gasteiger partial charge in [0.2, 0.25) is 0 Å². The third-order valence-corrected chi connectivity index (χ3v) is 5.15. The minimum Gasteiger partial charge on any atom is -0.411 e. The van der Waals surface area contributed by atoms with Gasteiger partial charge in [-0.25, -0.2) is 0 Å². The topological polar surface area (TPSA) is 52.8 Å². The van der Waals surface area contributed by atoms with Crippen LogP contribution < -0.4 is 0 Å². The van der Waals surface area contributed by atoms with Crippen LogP contribution in [0.25, 0.3) is 0 Å². The smallest absolute Gasteiger partial charge is 0.0733 e. The van der Waals surface area contributed by atoms with Crippen molar-refractivity contribution in [2.24, 2.45) is 10.6 Å². The van der Waals surface area contributed by atoms with Gasteiger partial charge in [0.15, 0.2) is 0 Å². The molecular formula is C19H19NO2. The van der Waals surface area contributed by atoms with E-state index in [2.05, 4.69) is 29.4 Å². The zero-order valence-electron chi connectivity index (χ0n) is 12.4. The molecule has 2 aromatic carbocycles. The fraction of sp³-hybridized carbons (Fsp3) is 0.316. The number of oxime groups is 1. The van der Waals surface area contributed by atoms with Gasteiger partial charge < -0.3 is 10.3 Å². The van der Waals surface area contributed by atoms with E-state index in [1.807, 2.05) is 12.1 Å². The van der Waals surface area contributed by atoms with E-state index in [-0.39, 0.29) is 6.61 Å². The molecule has 0 fully saturated rings. The largest absolute Gasteiger partial charge is 0.411 e. The molecule has 3 nitrogen and oxygen atoms in total. The molecule has 0 aliphatic heterocycles. The monoisotopic (exact) mass is 293 g/mol. The van der Waals surface area contributed by atoms with Crippen molar-refractivity contribution in [2.75, 3.05) is 0 Å². The van der Waals surface area contributed by atoms with E-state index in [4.69, 9.17) is 5.21 Å². The summed E-state index contributed by atoms with van der Waals surface area (Å²) in [5.41, 5.74) is 7.90. The van der Waals surface area contributed by atoms with Crippen LogP contribution >= 0.6 is 0 Å². The molecule has 0 radical (unpaired) electrons. The molecule has 1 unspecified atom stereocenters. The molecule has 4 rings (SSSR count). The molecule has 112 valence electrons. The number of aliphatic hydroxyl groups is 1. The Morgan fingerprint density at radius 1 is 0.909 bits per heavy atom.